The Labute approximate surface area is 150 Å². The number of nitrogens with zero attached hydrogens (tertiary/aromatic N) is 1. The molecule has 1 aromatic carbocycles. The molecule has 0 spiro atoms. The summed E-state index contributed by atoms with van der Waals surface area (Å²) in [6.45, 7) is 4.04. The molecule has 0 unspecified atom stereocenters. The van der Waals surface area contributed by atoms with E-state index in [1.54, 1.807) is 12.0 Å². The van der Waals surface area contributed by atoms with Gasteiger partial charge in [0.05, 0.1) is 7.11 Å². The summed E-state index contributed by atoms with van der Waals surface area (Å²) < 4.78 is 5.25. The van der Waals surface area contributed by atoms with Crippen LogP contribution in [-0.2, 0) is 16.1 Å². The van der Waals surface area contributed by atoms with E-state index in [0.717, 1.165) is 24.2 Å². The minimum absolute atomic E-state index is 0.0193. The van der Waals surface area contributed by atoms with Crippen molar-refractivity contribution in [3.63, 3.8) is 0 Å². The summed E-state index contributed by atoms with van der Waals surface area (Å²) in [5.41, 5.74) is 0.957. The largest absolute Gasteiger partial charge is 0.497 e. The van der Waals surface area contributed by atoms with E-state index in [1.807, 2.05) is 38.1 Å². The van der Waals surface area contributed by atoms with Crippen molar-refractivity contribution in [3.8, 4) is 5.75 Å². The molecule has 1 atom stereocenters. The average molecular weight is 346 g/mol. The number of methoxy groups -OCH3 is 1. The maximum absolute atomic E-state index is 12.7. The van der Waals surface area contributed by atoms with Gasteiger partial charge in [-0.05, 0) is 37.5 Å². The van der Waals surface area contributed by atoms with Gasteiger partial charge >= 0.3 is 0 Å². The van der Waals surface area contributed by atoms with Crippen LogP contribution in [0.3, 0.4) is 0 Å². The number of carbonyl (C=O) groups is 2. The van der Waals surface area contributed by atoms with Gasteiger partial charge in [0.1, 0.15) is 11.8 Å². The van der Waals surface area contributed by atoms with Crippen molar-refractivity contribution in [2.45, 2.75) is 71.0 Å². The average Bonchev–Trinajstić information content (AvgIpc) is 2.65. The molecule has 0 heterocycles. The van der Waals surface area contributed by atoms with Gasteiger partial charge < -0.3 is 15.0 Å². The lowest BCUT2D eigenvalue weighted by atomic mass is 9.95. The van der Waals surface area contributed by atoms with E-state index in [2.05, 4.69) is 5.32 Å². The number of carbonyl (C=O) groups excluding carboxylic acids is 2. The van der Waals surface area contributed by atoms with Gasteiger partial charge in [-0.3, -0.25) is 9.59 Å². The minimum atomic E-state index is -0.486. The Hall–Kier alpha value is -2.04. The predicted octanol–water partition coefficient (Wildman–Crippen LogP) is 3.27. The lowest BCUT2D eigenvalue weighted by molar-refractivity contribution is -0.140. The monoisotopic (exact) mass is 346 g/mol. The van der Waals surface area contributed by atoms with Crippen LogP contribution < -0.4 is 10.1 Å². The normalized spacial score (nSPS) is 16.1. The van der Waals surface area contributed by atoms with Crippen molar-refractivity contribution in [1.29, 1.82) is 0 Å². The maximum Gasteiger partial charge on any atom is 0.242 e. The lowest BCUT2D eigenvalue weighted by Gasteiger charge is -2.31. The zero-order valence-corrected chi connectivity index (χ0v) is 15.6. The highest BCUT2D eigenvalue weighted by atomic mass is 16.5. The first-order chi connectivity index (χ1) is 12.0. The number of benzene rings is 1. The molecule has 25 heavy (non-hydrogen) atoms. The topological polar surface area (TPSA) is 58.6 Å². The molecule has 0 bridgehead atoms. The molecule has 2 amide bonds. The van der Waals surface area contributed by atoms with Crippen LogP contribution in [0.4, 0.5) is 0 Å². The van der Waals surface area contributed by atoms with Gasteiger partial charge in [-0.1, -0.05) is 38.3 Å². The van der Waals surface area contributed by atoms with E-state index in [0.29, 0.717) is 13.0 Å². The first kappa shape index (κ1) is 19.3. The third kappa shape index (κ3) is 5.48. The second-order valence-electron chi connectivity index (χ2n) is 6.75. The molecule has 1 N–H and O–H groups in total. The fraction of sp³-hybridized carbons (Fsp3) is 0.600. The zero-order valence-electron chi connectivity index (χ0n) is 15.6. The number of rotatable bonds is 7. The Bertz CT molecular complexity index is 582. The van der Waals surface area contributed by atoms with Crippen molar-refractivity contribution in [2.24, 2.45) is 0 Å². The molecule has 0 saturated heterocycles. The molecule has 0 aliphatic heterocycles. The Morgan fingerprint density at radius 3 is 2.64 bits per heavy atom. The standard InChI is InChI=1S/C20H30N2O3/c1-4-19(23)22(14-16-9-8-12-18(13-16)25-3)15(2)20(24)21-17-10-6-5-7-11-17/h8-9,12-13,15,17H,4-7,10-11,14H2,1-3H3,(H,21,24)/t15-/m1/s1. The fourth-order valence-corrected chi connectivity index (χ4v) is 3.32. The van der Waals surface area contributed by atoms with Crippen LogP contribution in [0.2, 0.25) is 0 Å². The smallest absolute Gasteiger partial charge is 0.242 e. The molecule has 5 nitrogen and oxygen atoms in total. The molecule has 1 fully saturated rings. The van der Waals surface area contributed by atoms with Crippen molar-refractivity contribution in [2.75, 3.05) is 7.11 Å². The molecular weight excluding hydrogens is 316 g/mol. The molecule has 138 valence electrons. The van der Waals surface area contributed by atoms with E-state index in [4.69, 9.17) is 4.74 Å². The number of ether oxygens (including phenoxy) is 1. The molecular formula is C20H30N2O3. The van der Waals surface area contributed by atoms with Crippen LogP contribution in [0.5, 0.6) is 5.75 Å². The minimum Gasteiger partial charge on any atom is -0.497 e. The second-order valence-corrected chi connectivity index (χ2v) is 6.75. The SMILES string of the molecule is CCC(=O)N(Cc1cccc(OC)c1)[C@H](C)C(=O)NC1CCCCC1. The Kier molecular flexibility index (Phi) is 7.29. The highest BCUT2D eigenvalue weighted by Gasteiger charge is 2.27. The van der Waals surface area contributed by atoms with Gasteiger partial charge in [0.2, 0.25) is 11.8 Å². The van der Waals surface area contributed by atoms with E-state index in [-0.39, 0.29) is 17.9 Å². The summed E-state index contributed by atoms with van der Waals surface area (Å²) >= 11 is 0. The summed E-state index contributed by atoms with van der Waals surface area (Å²) in [4.78, 5) is 26.7. The first-order valence-corrected chi connectivity index (χ1v) is 9.28. The molecule has 1 aliphatic carbocycles. The maximum atomic E-state index is 12.7. The van der Waals surface area contributed by atoms with E-state index < -0.39 is 6.04 Å². The highest BCUT2D eigenvalue weighted by Crippen LogP contribution is 2.19. The van der Waals surface area contributed by atoms with Gasteiger partial charge in [0, 0.05) is 19.0 Å². The summed E-state index contributed by atoms with van der Waals surface area (Å²) in [7, 11) is 1.62. The quantitative estimate of drug-likeness (QED) is 0.824. The van der Waals surface area contributed by atoms with E-state index in [1.165, 1.54) is 19.3 Å². The van der Waals surface area contributed by atoms with Crippen LogP contribution in [-0.4, -0.2) is 35.9 Å². The Morgan fingerprint density at radius 1 is 1.28 bits per heavy atom. The number of nitrogens with one attached hydrogen (secondary N) is 1. The van der Waals surface area contributed by atoms with Gasteiger partial charge in [0.25, 0.3) is 0 Å². The van der Waals surface area contributed by atoms with Gasteiger partial charge in [-0.25, -0.2) is 0 Å². The molecule has 1 aliphatic rings. The highest BCUT2D eigenvalue weighted by molar-refractivity contribution is 5.87. The van der Waals surface area contributed by atoms with Gasteiger partial charge in [-0.15, -0.1) is 0 Å². The van der Waals surface area contributed by atoms with Crippen LogP contribution in [0.15, 0.2) is 24.3 Å². The molecule has 1 saturated carbocycles. The predicted molar refractivity (Wildman–Crippen MR) is 98.3 cm³/mol. The van der Waals surface area contributed by atoms with Gasteiger partial charge in [-0.2, -0.15) is 0 Å². The Balaban J connectivity index is 2.06. The second kappa shape index (κ2) is 9.44. The number of hydrogen-bond acceptors (Lipinski definition) is 3. The van der Waals surface area contributed by atoms with E-state index in [9.17, 15) is 9.59 Å². The first-order valence-electron chi connectivity index (χ1n) is 9.28. The summed E-state index contributed by atoms with van der Waals surface area (Å²) in [5, 5.41) is 3.13. The molecule has 5 heteroatoms. The van der Waals surface area contributed by atoms with Crippen LogP contribution >= 0.6 is 0 Å². The number of amides is 2. The van der Waals surface area contributed by atoms with Crippen molar-refractivity contribution in [1.82, 2.24) is 10.2 Å². The van der Waals surface area contributed by atoms with Crippen molar-refractivity contribution < 1.29 is 14.3 Å². The summed E-state index contributed by atoms with van der Waals surface area (Å²) in [5.74, 6) is 0.673. The third-order valence-corrected chi connectivity index (χ3v) is 4.91. The summed E-state index contributed by atoms with van der Waals surface area (Å²) in [6.07, 6.45) is 6.04. The van der Waals surface area contributed by atoms with Crippen LogP contribution in [0.1, 0.15) is 57.9 Å². The van der Waals surface area contributed by atoms with Crippen LogP contribution in [0.25, 0.3) is 0 Å². The zero-order chi connectivity index (χ0) is 18.2. The van der Waals surface area contributed by atoms with E-state index >= 15 is 0 Å². The van der Waals surface area contributed by atoms with Gasteiger partial charge in [0.15, 0.2) is 0 Å². The molecule has 0 radical (unpaired) electrons. The molecule has 2 rings (SSSR count). The molecule has 0 aromatic heterocycles. The van der Waals surface area contributed by atoms with Crippen LogP contribution in [0, 0.1) is 0 Å². The third-order valence-electron chi connectivity index (χ3n) is 4.91. The Morgan fingerprint density at radius 2 is 2.00 bits per heavy atom. The summed E-state index contributed by atoms with van der Waals surface area (Å²) in [6, 6.07) is 7.38. The van der Waals surface area contributed by atoms with Crippen molar-refractivity contribution in [3.05, 3.63) is 29.8 Å². The molecule has 1 aromatic rings. The lowest BCUT2D eigenvalue weighted by Crippen LogP contribution is -2.50. The number of hydrogen-bond donors (Lipinski definition) is 1. The van der Waals surface area contributed by atoms with Crippen molar-refractivity contribution >= 4 is 11.8 Å². The fourth-order valence-electron chi connectivity index (χ4n) is 3.32.